The highest BCUT2D eigenvalue weighted by molar-refractivity contribution is 5.98. The normalized spacial score (nSPS) is 15.7. The fraction of sp³-hybridized carbons (Fsp3) is 0.318. The van der Waals surface area contributed by atoms with Crippen molar-refractivity contribution in [2.24, 2.45) is 0 Å². The third-order valence-corrected chi connectivity index (χ3v) is 5.20. The molecule has 1 aliphatic heterocycles. The van der Waals surface area contributed by atoms with Gasteiger partial charge < -0.3 is 14.6 Å². The van der Waals surface area contributed by atoms with Gasteiger partial charge in [-0.2, -0.15) is 0 Å². The Labute approximate surface area is 159 Å². The topological polar surface area (TPSA) is 48.6 Å². The zero-order valence-corrected chi connectivity index (χ0v) is 15.6. The number of hydrogen-bond acceptors (Lipinski definition) is 3. The van der Waals surface area contributed by atoms with E-state index in [1.165, 1.54) is 5.56 Å². The number of aromatic nitrogens is 1. The molecule has 1 amide bonds. The Bertz CT molecular complexity index is 884. The highest BCUT2D eigenvalue weighted by atomic mass is 16.5. The Balaban J connectivity index is 1.39. The molecule has 4 rings (SSSR count). The van der Waals surface area contributed by atoms with Crippen molar-refractivity contribution in [1.29, 1.82) is 0 Å². The lowest BCUT2D eigenvalue weighted by atomic mass is 10.2. The number of nitrogens with one attached hydrogen (secondary N) is 1. The van der Waals surface area contributed by atoms with Gasteiger partial charge in [0.1, 0.15) is 11.4 Å². The molecule has 1 aliphatic rings. The molecule has 0 spiro atoms. The average Bonchev–Trinajstić information content (AvgIpc) is 3.01. The lowest BCUT2D eigenvalue weighted by Gasteiger charge is -2.21. The largest absolute Gasteiger partial charge is 0.497 e. The number of nitrogens with zero attached hydrogens (tertiary/aromatic N) is 2. The predicted molar refractivity (Wildman–Crippen MR) is 107 cm³/mol. The second-order valence-electron chi connectivity index (χ2n) is 7.04. The highest BCUT2D eigenvalue weighted by Gasteiger charge is 2.21. The van der Waals surface area contributed by atoms with Gasteiger partial charge in [-0.15, -0.1) is 0 Å². The van der Waals surface area contributed by atoms with Crippen LogP contribution in [0.3, 0.4) is 0 Å². The van der Waals surface area contributed by atoms with E-state index >= 15 is 0 Å². The van der Waals surface area contributed by atoms with Crippen LogP contribution in [0.2, 0.25) is 0 Å². The van der Waals surface area contributed by atoms with E-state index in [0.717, 1.165) is 55.8 Å². The van der Waals surface area contributed by atoms with Gasteiger partial charge in [-0.3, -0.25) is 9.69 Å². The van der Waals surface area contributed by atoms with Crippen LogP contribution in [-0.2, 0) is 6.54 Å². The number of benzene rings is 2. The van der Waals surface area contributed by atoms with Gasteiger partial charge in [0.2, 0.25) is 0 Å². The molecule has 140 valence electrons. The first-order chi connectivity index (χ1) is 13.2. The van der Waals surface area contributed by atoms with Crippen LogP contribution in [0.1, 0.15) is 22.5 Å². The zero-order valence-electron chi connectivity index (χ0n) is 15.6. The molecule has 5 heteroatoms. The van der Waals surface area contributed by atoms with Crippen LogP contribution in [0.4, 0.5) is 0 Å². The van der Waals surface area contributed by atoms with Gasteiger partial charge in [-0.1, -0.05) is 30.3 Å². The Kier molecular flexibility index (Phi) is 5.12. The maximum Gasteiger partial charge on any atom is 0.270 e. The molecule has 1 N–H and O–H groups in total. The predicted octanol–water partition coefficient (Wildman–Crippen LogP) is 3.52. The molecule has 3 aromatic rings. The molecule has 1 saturated heterocycles. The van der Waals surface area contributed by atoms with E-state index in [2.05, 4.69) is 22.0 Å². The summed E-state index contributed by atoms with van der Waals surface area (Å²) in [5, 5.41) is 1.08. The molecule has 0 bridgehead atoms. The molecule has 0 saturated carbocycles. The van der Waals surface area contributed by atoms with E-state index in [1.807, 2.05) is 47.4 Å². The number of ether oxygens (including phenoxy) is 1. The van der Waals surface area contributed by atoms with Crippen LogP contribution in [0.25, 0.3) is 10.9 Å². The van der Waals surface area contributed by atoms with Crippen molar-refractivity contribution in [2.75, 3.05) is 33.3 Å². The summed E-state index contributed by atoms with van der Waals surface area (Å²) in [6.45, 7) is 4.34. The Morgan fingerprint density at radius 2 is 1.85 bits per heavy atom. The summed E-state index contributed by atoms with van der Waals surface area (Å²) in [5.41, 5.74) is 2.96. The minimum atomic E-state index is 0.0949. The minimum Gasteiger partial charge on any atom is -0.497 e. The Hall–Kier alpha value is -2.79. The average molecular weight is 363 g/mol. The molecule has 0 unspecified atom stereocenters. The van der Waals surface area contributed by atoms with Gasteiger partial charge in [-0.05, 0) is 36.2 Å². The van der Waals surface area contributed by atoms with Crippen LogP contribution in [-0.4, -0.2) is 54.0 Å². The first-order valence-corrected chi connectivity index (χ1v) is 9.45. The van der Waals surface area contributed by atoms with E-state index in [-0.39, 0.29) is 5.91 Å². The molecule has 2 heterocycles. The van der Waals surface area contributed by atoms with Gasteiger partial charge in [0.05, 0.1) is 7.11 Å². The number of amides is 1. The summed E-state index contributed by atoms with van der Waals surface area (Å²) in [6, 6.07) is 18.2. The smallest absolute Gasteiger partial charge is 0.270 e. The Morgan fingerprint density at radius 3 is 2.63 bits per heavy atom. The lowest BCUT2D eigenvalue weighted by molar-refractivity contribution is 0.0756. The lowest BCUT2D eigenvalue weighted by Crippen LogP contribution is -2.35. The number of methoxy groups -OCH3 is 1. The molecule has 0 aliphatic carbocycles. The van der Waals surface area contributed by atoms with Crippen molar-refractivity contribution in [2.45, 2.75) is 13.0 Å². The fourth-order valence-electron chi connectivity index (χ4n) is 3.68. The first-order valence-electron chi connectivity index (χ1n) is 9.45. The summed E-state index contributed by atoms with van der Waals surface area (Å²) in [5.74, 6) is 0.974. The molecule has 0 atom stereocenters. The van der Waals surface area contributed by atoms with Crippen LogP contribution >= 0.6 is 0 Å². The summed E-state index contributed by atoms with van der Waals surface area (Å²) in [4.78, 5) is 20.6. The van der Waals surface area contributed by atoms with Crippen molar-refractivity contribution in [1.82, 2.24) is 14.8 Å². The number of rotatable bonds is 4. The van der Waals surface area contributed by atoms with Crippen molar-refractivity contribution in [3.05, 3.63) is 65.9 Å². The van der Waals surface area contributed by atoms with Gasteiger partial charge in [0.25, 0.3) is 5.91 Å². The number of fused-ring (bicyclic) bond motifs is 1. The van der Waals surface area contributed by atoms with Gasteiger partial charge in [-0.25, -0.2) is 0 Å². The highest BCUT2D eigenvalue weighted by Crippen LogP contribution is 2.18. The number of carbonyl (C=O) groups excluding carboxylic acids is 1. The van der Waals surface area contributed by atoms with E-state index in [4.69, 9.17) is 4.74 Å². The molecule has 1 fully saturated rings. The van der Waals surface area contributed by atoms with E-state index < -0.39 is 0 Å². The summed E-state index contributed by atoms with van der Waals surface area (Å²) in [7, 11) is 1.68. The van der Waals surface area contributed by atoms with E-state index in [0.29, 0.717) is 5.69 Å². The van der Waals surface area contributed by atoms with Gasteiger partial charge in [0, 0.05) is 43.6 Å². The van der Waals surface area contributed by atoms with Crippen LogP contribution in [0, 0.1) is 0 Å². The van der Waals surface area contributed by atoms with Crippen LogP contribution < -0.4 is 4.74 Å². The second kappa shape index (κ2) is 7.84. The molecular formula is C22H25N3O2. The molecule has 0 radical (unpaired) electrons. The summed E-state index contributed by atoms with van der Waals surface area (Å²) >= 11 is 0. The quantitative estimate of drug-likeness (QED) is 0.771. The molecule has 2 aromatic carbocycles. The van der Waals surface area contributed by atoms with E-state index in [1.54, 1.807) is 7.11 Å². The third kappa shape index (κ3) is 3.98. The van der Waals surface area contributed by atoms with Gasteiger partial charge >= 0.3 is 0 Å². The van der Waals surface area contributed by atoms with Crippen molar-refractivity contribution in [3.8, 4) is 5.75 Å². The van der Waals surface area contributed by atoms with Crippen molar-refractivity contribution in [3.63, 3.8) is 0 Å². The summed E-state index contributed by atoms with van der Waals surface area (Å²) < 4.78 is 5.22. The molecule has 27 heavy (non-hydrogen) atoms. The maximum atomic E-state index is 12.9. The number of carbonyl (C=O) groups is 1. The maximum absolute atomic E-state index is 12.9. The van der Waals surface area contributed by atoms with E-state index in [9.17, 15) is 4.79 Å². The molecule has 1 aromatic heterocycles. The Morgan fingerprint density at radius 1 is 1.04 bits per heavy atom. The molecular weight excluding hydrogens is 338 g/mol. The third-order valence-electron chi connectivity index (χ3n) is 5.20. The number of aromatic amines is 1. The van der Waals surface area contributed by atoms with Crippen molar-refractivity contribution >= 4 is 16.8 Å². The minimum absolute atomic E-state index is 0.0949. The van der Waals surface area contributed by atoms with Crippen LogP contribution in [0.15, 0.2) is 54.6 Å². The monoisotopic (exact) mass is 363 g/mol. The number of H-pyrrole nitrogens is 1. The first kappa shape index (κ1) is 17.6. The van der Waals surface area contributed by atoms with Gasteiger partial charge in [0.15, 0.2) is 0 Å². The van der Waals surface area contributed by atoms with Crippen LogP contribution in [0.5, 0.6) is 5.75 Å². The zero-order chi connectivity index (χ0) is 18.6. The number of para-hydroxylation sites is 1. The standard InChI is InChI=1S/C22H25N3O2/c1-27-19-9-7-17(8-10-19)16-24-11-4-12-25(14-13-24)22(26)21-15-18-5-2-3-6-20(18)23-21/h2-3,5-10,15,23H,4,11-14,16H2,1H3. The molecule has 5 nitrogen and oxygen atoms in total. The summed E-state index contributed by atoms with van der Waals surface area (Å²) in [6.07, 6.45) is 0.988. The SMILES string of the molecule is COc1ccc(CN2CCCN(C(=O)c3cc4ccccc4[nH]3)CC2)cc1. The van der Waals surface area contributed by atoms with Crippen molar-refractivity contribution < 1.29 is 9.53 Å². The number of hydrogen-bond donors (Lipinski definition) is 1. The fourth-order valence-corrected chi connectivity index (χ4v) is 3.68. The second-order valence-corrected chi connectivity index (χ2v) is 7.04.